The van der Waals surface area contributed by atoms with Crippen molar-refractivity contribution in [3.63, 3.8) is 0 Å². The number of ether oxygens (including phenoxy) is 1. The van der Waals surface area contributed by atoms with Gasteiger partial charge in [-0.2, -0.15) is 8.42 Å². The number of benzene rings is 1. The topological polar surface area (TPSA) is 86.7 Å². The molecule has 0 amide bonds. The van der Waals surface area contributed by atoms with Crippen LogP contribution in [-0.4, -0.2) is 32.4 Å². The summed E-state index contributed by atoms with van der Waals surface area (Å²) < 4.78 is 35.3. The van der Waals surface area contributed by atoms with E-state index in [2.05, 4.69) is 13.8 Å². The first-order valence-electron chi connectivity index (χ1n) is 8.97. The minimum absolute atomic E-state index is 0.0235. The summed E-state index contributed by atoms with van der Waals surface area (Å²) in [5, 5.41) is 0. The Morgan fingerprint density at radius 1 is 1.07 bits per heavy atom. The first kappa shape index (κ1) is 23.3. The Hall–Kier alpha value is -1.73. The lowest BCUT2D eigenvalue weighted by Gasteiger charge is -2.29. The molecule has 27 heavy (non-hydrogen) atoms. The van der Waals surface area contributed by atoms with Gasteiger partial charge in [0.2, 0.25) is 0 Å². The van der Waals surface area contributed by atoms with Crippen LogP contribution in [0, 0.1) is 5.41 Å². The molecule has 6 nitrogen and oxygen atoms in total. The fourth-order valence-electron chi connectivity index (χ4n) is 2.16. The molecule has 1 aromatic rings. The van der Waals surface area contributed by atoms with Crippen molar-refractivity contribution in [2.75, 3.05) is 6.61 Å². The van der Waals surface area contributed by atoms with E-state index >= 15 is 0 Å². The third-order valence-corrected chi connectivity index (χ3v) is 5.76. The third kappa shape index (κ3) is 6.14. The number of carbonyl (C=O) groups is 2. The zero-order chi connectivity index (χ0) is 21.0. The summed E-state index contributed by atoms with van der Waals surface area (Å²) in [7, 11) is -4.11. The highest BCUT2D eigenvalue weighted by Crippen LogP contribution is 2.27. The number of ketones is 1. The van der Waals surface area contributed by atoms with Gasteiger partial charge in [0.1, 0.15) is 16.8 Å². The number of rotatable bonds is 8. The average Bonchev–Trinajstić information content (AvgIpc) is 2.57. The molecule has 0 N–H and O–H groups in total. The van der Waals surface area contributed by atoms with Crippen molar-refractivity contribution in [3.8, 4) is 0 Å². The van der Waals surface area contributed by atoms with Crippen LogP contribution in [0.1, 0.15) is 66.4 Å². The smallest absolute Gasteiger partial charge is 0.322 e. The van der Waals surface area contributed by atoms with Crippen LogP contribution in [0.2, 0.25) is 0 Å². The van der Waals surface area contributed by atoms with Gasteiger partial charge in [0.25, 0.3) is 10.1 Å². The molecule has 0 aliphatic rings. The van der Waals surface area contributed by atoms with E-state index in [1.165, 1.54) is 26.0 Å². The minimum atomic E-state index is -4.11. The molecule has 0 aliphatic carbocycles. The lowest BCUT2D eigenvalue weighted by Crippen LogP contribution is -2.44. The Bertz CT molecular complexity index is 774. The molecule has 7 heteroatoms. The Morgan fingerprint density at radius 3 is 2.00 bits per heavy atom. The zero-order valence-electron chi connectivity index (χ0n) is 17.2. The lowest BCUT2D eigenvalue weighted by molar-refractivity contribution is -0.170. The highest BCUT2D eigenvalue weighted by atomic mass is 32.2. The first-order chi connectivity index (χ1) is 12.2. The van der Waals surface area contributed by atoms with Gasteiger partial charge >= 0.3 is 5.97 Å². The number of Topliss-reactive ketones (excluding diaryl/α,β-unsaturated/α-hetero) is 1. The number of hydrogen-bond acceptors (Lipinski definition) is 6. The molecule has 0 aromatic heterocycles. The van der Waals surface area contributed by atoms with Gasteiger partial charge in [-0.1, -0.05) is 26.0 Å². The summed E-state index contributed by atoms with van der Waals surface area (Å²) in [6, 6.07) is 6.41. The van der Waals surface area contributed by atoms with E-state index in [0.717, 1.165) is 12.0 Å². The summed E-state index contributed by atoms with van der Waals surface area (Å²) >= 11 is 0. The van der Waals surface area contributed by atoms with Gasteiger partial charge in [-0.3, -0.25) is 13.8 Å². The molecule has 0 saturated heterocycles. The second-order valence-corrected chi connectivity index (χ2v) is 9.60. The molecule has 1 rings (SSSR count). The van der Waals surface area contributed by atoms with Crippen molar-refractivity contribution in [2.45, 2.75) is 71.3 Å². The van der Waals surface area contributed by atoms with Crippen molar-refractivity contribution in [1.29, 1.82) is 0 Å². The van der Waals surface area contributed by atoms with Gasteiger partial charge in [0, 0.05) is 0 Å². The predicted molar refractivity (Wildman–Crippen MR) is 103 cm³/mol. The summed E-state index contributed by atoms with van der Waals surface area (Å²) in [5.74, 6) is -1.03. The van der Waals surface area contributed by atoms with Crippen LogP contribution < -0.4 is 0 Å². The van der Waals surface area contributed by atoms with Gasteiger partial charge < -0.3 is 4.74 Å². The molecule has 2 atom stereocenters. The van der Waals surface area contributed by atoms with Crippen LogP contribution >= 0.6 is 0 Å². The van der Waals surface area contributed by atoms with E-state index in [0.29, 0.717) is 5.92 Å². The quantitative estimate of drug-likeness (QED) is 0.376. The zero-order valence-corrected chi connectivity index (χ0v) is 18.0. The number of hydrogen-bond donors (Lipinski definition) is 0. The molecule has 0 bridgehead atoms. The van der Waals surface area contributed by atoms with Gasteiger partial charge in [-0.25, -0.2) is 0 Å². The Kier molecular flexibility index (Phi) is 7.36. The van der Waals surface area contributed by atoms with Crippen LogP contribution in [0.25, 0.3) is 0 Å². The highest BCUT2D eigenvalue weighted by molar-refractivity contribution is 7.86. The molecule has 2 unspecified atom stereocenters. The maximum atomic E-state index is 12.5. The third-order valence-electron chi connectivity index (χ3n) is 4.48. The second kappa shape index (κ2) is 8.52. The van der Waals surface area contributed by atoms with E-state index < -0.39 is 39.5 Å². The van der Waals surface area contributed by atoms with E-state index in [9.17, 15) is 18.0 Å². The van der Waals surface area contributed by atoms with E-state index in [1.54, 1.807) is 32.9 Å². The molecule has 152 valence electrons. The summed E-state index contributed by atoms with van der Waals surface area (Å²) in [6.07, 6.45) is 0.940. The summed E-state index contributed by atoms with van der Waals surface area (Å²) in [5.41, 5.74) is -1.49. The van der Waals surface area contributed by atoms with Gasteiger partial charge in [-0.05, 0) is 64.7 Å². The summed E-state index contributed by atoms with van der Waals surface area (Å²) in [6.45, 7) is 11.0. The second-order valence-electron chi connectivity index (χ2n) is 7.98. The lowest BCUT2D eigenvalue weighted by atomic mass is 9.87. The summed E-state index contributed by atoms with van der Waals surface area (Å²) in [4.78, 5) is 24.4. The fourth-order valence-corrected chi connectivity index (χ4v) is 3.15. The largest absolute Gasteiger partial charge is 0.459 e. The molecule has 0 spiro atoms. The maximum absolute atomic E-state index is 12.5. The first-order valence-corrected chi connectivity index (χ1v) is 10.4. The Labute approximate surface area is 162 Å². The average molecular weight is 399 g/mol. The van der Waals surface area contributed by atoms with Crippen molar-refractivity contribution in [3.05, 3.63) is 29.8 Å². The normalized spacial score (nSPS) is 15.7. The van der Waals surface area contributed by atoms with Crippen LogP contribution in [-0.2, 0) is 28.6 Å². The van der Waals surface area contributed by atoms with Gasteiger partial charge in [0.05, 0.1) is 11.5 Å². The maximum Gasteiger partial charge on any atom is 0.322 e. The molecule has 0 fully saturated rings. The molecule has 0 radical (unpaired) electrons. The van der Waals surface area contributed by atoms with Crippen molar-refractivity contribution in [2.24, 2.45) is 5.41 Å². The molecule has 0 heterocycles. The highest BCUT2D eigenvalue weighted by Gasteiger charge is 2.43. The SMILES string of the molecule is CCC(C)c1ccc(S(=O)(=O)OCC(C)(C(C)=O)C(=O)OC(C)(C)C)cc1. The van der Waals surface area contributed by atoms with Crippen LogP contribution in [0.15, 0.2) is 29.2 Å². The molecular weight excluding hydrogens is 368 g/mol. The molecule has 0 aliphatic heterocycles. The van der Waals surface area contributed by atoms with E-state index in [4.69, 9.17) is 8.92 Å². The van der Waals surface area contributed by atoms with Gasteiger partial charge in [-0.15, -0.1) is 0 Å². The predicted octanol–water partition coefficient (Wildman–Crippen LogP) is 3.84. The van der Waals surface area contributed by atoms with Crippen molar-refractivity contribution >= 4 is 21.9 Å². The van der Waals surface area contributed by atoms with E-state index in [-0.39, 0.29) is 4.90 Å². The number of carbonyl (C=O) groups excluding carboxylic acids is 2. The monoisotopic (exact) mass is 398 g/mol. The minimum Gasteiger partial charge on any atom is -0.459 e. The molecule has 0 saturated carbocycles. The standard InChI is InChI=1S/C20H30O6S/c1-8-14(2)16-9-11-17(12-10-16)27(23,24)25-13-20(7,15(3)21)18(22)26-19(4,5)6/h9-12,14H,8,13H2,1-7H3. The van der Waals surface area contributed by atoms with Crippen LogP contribution in [0.5, 0.6) is 0 Å². The molecular formula is C20H30O6S. The van der Waals surface area contributed by atoms with Crippen LogP contribution in [0.3, 0.4) is 0 Å². The van der Waals surface area contributed by atoms with E-state index in [1.807, 2.05) is 0 Å². The van der Waals surface area contributed by atoms with Gasteiger partial charge in [0.15, 0.2) is 0 Å². The Morgan fingerprint density at radius 2 is 1.59 bits per heavy atom. The van der Waals surface area contributed by atoms with Crippen LogP contribution in [0.4, 0.5) is 0 Å². The Balaban J connectivity index is 3.00. The van der Waals surface area contributed by atoms with Crippen molar-refractivity contribution in [1.82, 2.24) is 0 Å². The fraction of sp³-hybridized carbons (Fsp3) is 0.600. The van der Waals surface area contributed by atoms with Crippen molar-refractivity contribution < 1.29 is 26.9 Å². The molecule has 1 aromatic carbocycles. The number of esters is 1.